The summed E-state index contributed by atoms with van der Waals surface area (Å²) in [7, 11) is 0. The van der Waals surface area contributed by atoms with E-state index in [2.05, 4.69) is 6.92 Å². The highest BCUT2D eigenvalue weighted by Gasteiger charge is 2.67. The Morgan fingerprint density at radius 1 is 0.864 bits per heavy atom. The highest BCUT2D eigenvalue weighted by Crippen LogP contribution is 2.70. The van der Waals surface area contributed by atoms with E-state index in [0.717, 1.165) is 25.7 Å². The van der Waals surface area contributed by atoms with Crippen molar-refractivity contribution in [1.82, 2.24) is 0 Å². The first-order valence-corrected chi connectivity index (χ1v) is 8.07. The summed E-state index contributed by atoms with van der Waals surface area (Å²) in [5.41, 5.74) is -1.04. The van der Waals surface area contributed by atoms with Gasteiger partial charge in [0.1, 0.15) is 0 Å². The van der Waals surface area contributed by atoms with Crippen molar-refractivity contribution in [3.05, 3.63) is 0 Å². The van der Waals surface area contributed by atoms with Crippen LogP contribution in [0.15, 0.2) is 0 Å². The molecule has 0 aliphatic heterocycles. The molecule has 124 valence electrons. The third kappa shape index (κ3) is 2.75. The van der Waals surface area contributed by atoms with E-state index in [0.29, 0.717) is 26.1 Å². The van der Waals surface area contributed by atoms with E-state index >= 15 is 0 Å². The predicted molar refractivity (Wildman–Crippen MR) is 78.9 cm³/mol. The number of aliphatic hydroxyl groups is 1. The van der Waals surface area contributed by atoms with Crippen molar-refractivity contribution >= 4 is 11.9 Å². The Bertz CT molecular complexity index is 453. The summed E-state index contributed by atoms with van der Waals surface area (Å²) < 4.78 is 10.7. The summed E-state index contributed by atoms with van der Waals surface area (Å²) >= 11 is 0. The number of hydrogen-bond donors (Lipinski definition) is 1. The van der Waals surface area contributed by atoms with Crippen LogP contribution in [-0.2, 0) is 19.1 Å². The zero-order chi connectivity index (χ0) is 16.2. The molecule has 0 aromatic heterocycles. The Kier molecular flexibility index (Phi) is 3.37. The van der Waals surface area contributed by atoms with E-state index in [1.165, 1.54) is 13.8 Å². The third-order valence-corrected chi connectivity index (χ3v) is 5.68. The predicted octanol–water partition coefficient (Wildman–Crippen LogP) is 2.20. The minimum Gasteiger partial charge on any atom is -0.465 e. The summed E-state index contributed by atoms with van der Waals surface area (Å²) in [5.74, 6) is -0.552. The maximum Gasteiger partial charge on any atom is 0.302 e. The fraction of sp³-hybridized carbons (Fsp3) is 0.882. The average Bonchev–Trinajstić information content (AvgIpc) is 2.30. The molecular formula is C17H26O5. The molecule has 4 aliphatic carbocycles. The lowest BCUT2D eigenvalue weighted by Crippen LogP contribution is -2.65. The van der Waals surface area contributed by atoms with Crippen molar-refractivity contribution in [2.75, 3.05) is 13.2 Å². The molecule has 0 spiro atoms. The molecule has 4 bridgehead atoms. The van der Waals surface area contributed by atoms with Gasteiger partial charge in [-0.3, -0.25) is 9.59 Å². The van der Waals surface area contributed by atoms with Crippen LogP contribution in [0.1, 0.15) is 59.3 Å². The monoisotopic (exact) mass is 310 g/mol. The van der Waals surface area contributed by atoms with Crippen LogP contribution in [0.5, 0.6) is 0 Å². The maximum atomic E-state index is 11.2. The average molecular weight is 310 g/mol. The Morgan fingerprint density at radius 3 is 1.68 bits per heavy atom. The molecule has 4 fully saturated rings. The lowest BCUT2D eigenvalue weighted by atomic mass is 9.39. The first kappa shape index (κ1) is 15.8. The second-order valence-corrected chi connectivity index (χ2v) is 8.66. The molecule has 4 aliphatic rings. The van der Waals surface area contributed by atoms with E-state index in [1.807, 2.05) is 0 Å². The molecule has 2 unspecified atom stereocenters. The van der Waals surface area contributed by atoms with Gasteiger partial charge in [0, 0.05) is 24.7 Å². The van der Waals surface area contributed by atoms with Gasteiger partial charge < -0.3 is 14.6 Å². The zero-order valence-corrected chi connectivity index (χ0v) is 13.7. The summed E-state index contributed by atoms with van der Waals surface area (Å²) in [6.45, 7) is 5.78. The van der Waals surface area contributed by atoms with E-state index in [4.69, 9.17) is 9.47 Å². The Labute approximate surface area is 131 Å². The third-order valence-electron chi connectivity index (χ3n) is 5.68. The van der Waals surface area contributed by atoms with Crippen molar-refractivity contribution in [3.63, 3.8) is 0 Å². The number of hydrogen-bond acceptors (Lipinski definition) is 5. The molecule has 1 N–H and O–H groups in total. The number of carbonyl (C=O) groups is 2. The van der Waals surface area contributed by atoms with Crippen molar-refractivity contribution in [3.8, 4) is 0 Å². The van der Waals surface area contributed by atoms with Gasteiger partial charge in [-0.1, -0.05) is 6.92 Å². The van der Waals surface area contributed by atoms with Gasteiger partial charge in [0.05, 0.1) is 18.8 Å². The van der Waals surface area contributed by atoms with Gasteiger partial charge in [-0.2, -0.15) is 0 Å². The van der Waals surface area contributed by atoms with Crippen LogP contribution in [0.25, 0.3) is 0 Å². The van der Waals surface area contributed by atoms with Gasteiger partial charge in [-0.15, -0.1) is 0 Å². The van der Waals surface area contributed by atoms with Crippen molar-refractivity contribution in [2.45, 2.75) is 64.9 Å². The van der Waals surface area contributed by atoms with Crippen LogP contribution < -0.4 is 0 Å². The highest BCUT2D eigenvalue weighted by molar-refractivity contribution is 5.66. The van der Waals surface area contributed by atoms with Gasteiger partial charge in [0.2, 0.25) is 0 Å². The molecule has 5 nitrogen and oxygen atoms in total. The Morgan fingerprint density at radius 2 is 1.32 bits per heavy atom. The number of esters is 2. The highest BCUT2D eigenvalue weighted by atomic mass is 16.5. The minimum absolute atomic E-state index is 0.0315. The van der Waals surface area contributed by atoms with E-state index in [1.54, 1.807) is 0 Å². The molecule has 0 heterocycles. The molecule has 0 amide bonds. The van der Waals surface area contributed by atoms with Crippen LogP contribution >= 0.6 is 0 Å². The SMILES string of the molecule is CC(=O)OCC12CC3(C)CC(O)(C1)CC(COC(C)=O)(C3)C2. The largest absolute Gasteiger partial charge is 0.465 e. The van der Waals surface area contributed by atoms with Crippen molar-refractivity contribution < 1.29 is 24.2 Å². The normalized spacial score (nSPS) is 45.6. The summed E-state index contributed by atoms with van der Waals surface area (Å²) in [4.78, 5) is 22.5. The van der Waals surface area contributed by atoms with Gasteiger partial charge in [0.15, 0.2) is 0 Å². The summed E-state index contributed by atoms with van der Waals surface area (Å²) in [6.07, 6.45) is 4.96. The lowest BCUT2D eigenvalue weighted by molar-refractivity contribution is -0.250. The maximum absolute atomic E-state index is 11.2. The topological polar surface area (TPSA) is 72.8 Å². The lowest BCUT2D eigenvalue weighted by Gasteiger charge is -2.68. The van der Waals surface area contributed by atoms with Crippen LogP contribution in [0.3, 0.4) is 0 Å². The summed E-state index contributed by atoms with van der Waals surface area (Å²) in [6, 6.07) is 0. The van der Waals surface area contributed by atoms with E-state index in [-0.39, 0.29) is 28.2 Å². The molecule has 0 saturated heterocycles. The quantitative estimate of drug-likeness (QED) is 0.806. The molecule has 2 atom stereocenters. The molecular weight excluding hydrogens is 284 g/mol. The molecule has 0 radical (unpaired) electrons. The molecule has 0 aromatic carbocycles. The van der Waals surface area contributed by atoms with Crippen LogP contribution in [0.2, 0.25) is 0 Å². The molecule has 4 rings (SSSR count). The van der Waals surface area contributed by atoms with E-state index in [9.17, 15) is 14.7 Å². The standard InChI is InChI=1S/C17H26O5/c1-12(18)21-10-15-4-14(3)5-16(7-15,11-22-13(2)19)9-17(20,6-14)8-15/h20H,4-11H2,1-3H3. The zero-order valence-electron chi connectivity index (χ0n) is 13.7. The minimum atomic E-state index is -0.718. The van der Waals surface area contributed by atoms with Crippen molar-refractivity contribution in [1.29, 1.82) is 0 Å². The van der Waals surface area contributed by atoms with Gasteiger partial charge in [-0.05, 0) is 43.9 Å². The first-order valence-electron chi connectivity index (χ1n) is 8.07. The van der Waals surface area contributed by atoms with Gasteiger partial charge in [-0.25, -0.2) is 0 Å². The van der Waals surface area contributed by atoms with Crippen molar-refractivity contribution in [2.24, 2.45) is 16.2 Å². The van der Waals surface area contributed by atoms with E-state index < -0.39 is 5.60 Å². The van der Waals surface area contributed by atoms with Crippen LogP contribution in [0, 0.1) is 16.2 Å². The first-order chi connectivity index (χ1) is 10.1. The van der Waals surface area contributed by atoms with Gasteiger partial charge >= 0.3 is 11.9 Å². The second kappa shape index (κ2) is 4.70. The molecule has 0 aromatic rings. The number of rotatable bonds is 4. The fourth-order valence-corrected chi connectivity index (χ4v) is 6.36. The fourth-order valence-electron chi connectivity index (χ4n) is 6.36. The van der Waals surface area contributed by atoms with Gasteiger partial charge in [0.25, 0.3) is 0 Å². The number of carbonyl (C=O) groups excluding carboxylic acids is 2. The molecule has 4 saturated carbocycles. The molecule has 5 heteroatoms. The second-order valence-electron chi connectivity index (χ2n) is 8.66. The molecule has 22 heavy (non-hydrogen) atoms. The van der Waals surface area contributed by atoms with Crippen LogP contribution in [0.4, 0.5) is 0 Å². The summed E-state index contributed by atoms with van der Waals surface area (Å²) in [5, 5.41) is 11.0. The Hall–Kier alpha value is -1.10. The smallest absolute Gasteiger partial charge is 0.302 e. The Balaban J connectivity index is 1.88. The number of ether oxygens (including phenoxy) is 2. The van der Waals surface area contributed by atoms with Crippen LogP contribution in [-0.4, -0.2) is 35.9 Å².